The van der Waals surface area contributed by atoms with Crippen molar-refractivity contribution in [3.63, 3.8) is 0 Å². The van der Waals surface area contributed by atoms with Crippen LogP contribution in [0, 0.1) is 5.41 Å². The summed E-state index contributed by atoms with van der Waals surface area (Å²) in [5, 5.41) is 9.57. The number of ketones is 1. The lowest BCUT2D eigenvalue weighted by atomic mass is 9.75. The van der Waals surface area contributed by atoms with Crippen molar-refractivity contribution in [1.29, 1.82) is 0 Å². The van der Waals surface area contributed by atoms with Crippen LogP contribution in [0.3, 0.4) is 0 Å². The molecule has 2 heteroatoms. The molecular formula is C14H20O2. The molecule has 0 saturated heterocycles. The normalized spacial score (nSPS) is 25.0. The van der Waals surface area contributed by atoms with E-state index in [1.807, 2.05) is 19.1 Å². The van der Waals surface area contributed by atoms with Gasteiger partial charge in [-0.3, -0.25) is 4.79 Å². The SMILES string of the molecule is CC=CC(=O)C=CC1=CC(O)CCC1(C)C. The Morgan fingerprint density at radius 3 is 2.81 bits per heavy atom. The molecule has 2 nitrogen and oxygen atoms in total. The number of carbonyl (C=O) groups excluding carboxylic acids is 1. The van der Waals surface area contributed by atoms with Crippen LogP contribution >= 0.6 is 0 Å². The molecule has 0 saturated carbocycles. The zero-order valence-corrected chi connectivity index (χ0v) is 10.2. The van der Waals surface area contributed by atoms with E-state index in [9.17, 15) is 9.90 Å². The van der Waals surface area contributed by atoms with Gasteiger partial charge in [0.2, 0.25) is 0 Å². The average Bonchev–Trinajstić information content (AvgIpc) is 2.20. The summed E-state index contributed by atoms with van der Waals surface area (Å²) in [5.41, 5.74) is 1.09. The van der Waals surface area contributed by atoms with Crippen LogP contribution in [0.2, 0.25) is 0 Å². The Morgan fingerprint density at radius 1 is 1.50 bits per heavy atom. The van der Waals surface area contributed by atoms with E-state index < -0.39 is 0 Å². The minimum atomic E-state index is -0.371. The average molecular weight is 220 g/mol. The molecule has 1 aliphatic rings. The maximum Gasteiger partial charge on any atom is 0.178 e. The monoisotopic (exact) mass is 220 g/mol. The minimum absolute atomic E-state index is 0.0146. The van der Waals surface area contributed by atoms with Crippen LogP contribution in [0.4, 0.5) is 0 Å². The highest BCUT2D eigenvalue weighted by Crippen LogP contribution is 2.37. The summed E-state index contributed by atoms with van der Waals surface area (Å²) in [4.78, 5) is 11.3. The van der Waals surface area contributed by atoms with Crippen molar-refractivity contribution < 1.29 is 9.90 Å². The molecule has 0 bridgehead atoms. The molecule has 16 heavy (non-hydrogen) atoms. The fraction of sp³-hybridized carbons (Fsp3) is 0.500. The molecule has 0 amide bonds. The van der Waals surface area contributed by atoms with Gasteiger partial charge < -0.3 is 5.11 Å². The second-order valence-corrected chi connectivity index (χ2v) is 4.85. The van der Waals surface area contributed by atoms with E-state index in [0.717, 1.165) is 18.4 Å². The van der Waals surface area contributed by atoms with Gasteiger partial charge in [0.05, 0.1) is 6.10 Å². The van der Waals surface area contributed by atoms with Gasteiger partial charge in [-0.15, -0.1) is 0 Å². The summed E-state index contributed by atoms with van der Waals surface area (Å²) >= 11 is 0. The van der Waals surface area contributed by atoms with Crippen LogP contribution in [-0.2, 0) is 4.79 Å². The largest absolute Gasteiger partial charge is 0.389 e. The number of rotatable bonds is 3. The number of hydrogen-bond acceptors (Lipinski definition) is 2. The lowest BCUT2D eigenvalue weighted by Crippen LogP contribution is -2.23. The lowest BCUT2D eigenvalue weighted by molar-refractivity contribution is -0.110. The molecule has 88 valence electrons. The van der Waals surface area contributed by atoms with Gasteiger partial charge in [0.25, 0.3) is 0 Å². The molecule has 0 fully saturated rings. The fourth-order valence-corrected chi connectivity index (χ4v) is 1.84. The van der Waals surface area contributed by atoms with Gasteiger partial charge >= 0.3 is 0 Å². The van der Waals surface area contributed by atoms with Gasteiger partial charge in [-0.25, -0.2) is 0 Å². The molecule has 0 aromatic carbocycles. The molecule has 1 atom stereocenters. The Hall–Kier alpha value is -1.15. The highest BCUT2D eigenvalue weighted by Gasteiger charge is 2.27. The Kier molecular flexibility index (Phi) is 4.25. The molecule has 0 aromatic rings. The van der Waals surface area contributed by atoms with Crippen LogP contribution in [0.25, 0.3) is 0 Å². The Bertz CT molecular complexity index is 346. The van der Waals surface area contributed by atoms with Gasteiger partial charge in [0.15, 0.2) is 5.78 Å². The third-order valence-corrected chi connectivity index (χ3v) is 2.98. The van der Waals surface area contributed by atoms with Gasteiger partial charge in [-0.2, -0.15) is 0 Å². The summed E-state index contributed by atoms with van der Waals surface area (Å²) < 4.78 is 0. The van der Waals surface area contributed by atoms with Crippen molar-refractivity contribution in [2.75, 3.05) is 0 Å². The molecule has 1 N–H and O–H groups in total. The van der Waals surface area contributed by atoms with Crippen LogP contribution in [0.15, 0.2) is 36.0 Å². The van der Waals surface area contributed by atoms with Crippen molar-refractivity contribution in [3.8, 4) is 0 Å². The number of allylic oxidation sites excluding steroid dienone is 5. The first-order chi connectivity index (χ1) is 7.45. The molecule has 0 aliphatic heterocycles. The van der Waals surface area contributed by atoms with Crippen molar-refractivity contribution in [1.82, 2.24) is 0 Å². The fourth-order valence-electron chi connectivity index (χ4n) is 1.84. The summed E-state index contributed by atoms with van der Waals surface area (Å²) in [6.07, 6.45) is 9.87. The summed E-state index contributed by atoms with van der Waals surface area (Å²) in [7, 11) is 0. The first-order valence-corrected chi connectivity index (χ1v) is 5.71. The van der Waals surface area contributed by atoms with E-state index in [-0.39, 0.29) is 17.3 Å². The van der Waals surface area contributed by atoms with E-state index in [2.05, 4.69) is 13.8 Å². The maximum absolute atomic E-state index is 11.3. The van der Waals surface area contributed by atoms with E-state index in [0.29, 0.717) is 0 Å². The zero-order valence-electron chi connectivity index (χ0n) is 10.2. The zero-order chi connectivity index (χ0) is 12.2. The first kappa shape index (κ1) is 12.9. The Balaban J connectivity index is 2.81. The first-order valence-electron chi connectivity index (χ1n) is 5.71. The molecular weight excluding hydrogens is 200 g/mol. The van der Waals surface area contributed by atoms with E-state index in [1.54, 1.807) is 12.2 Å². The Labute approximate surface area is 97.4 Å². The van der Waals surface area contributed by atoms with Crippen molar-refractivity contribution in [2.45, 2.75) is 39.7 Å². The summed E-state index contributed by atoms with van der Waals surface area (Å²) in [5.74, 6) is -0.0146. The van der Waals surface area contributed by atoms with Gasteiger partial charge in [-0.05, 0) is 42.9 Å². The number of hydrogen-bond donors (Lipinski definition) is 1. The van der Waals surface area contributed by atoms with Gasteiger partial charge in [0, 0.05) is 0 Å². The lowest BCUT2D eigenvalue weighted by Gasteiger charge is -2.32. The topological polar surface area (TPSA) is 37.3 Å². The van der Waals surface area contributed by atoms with E-state index in [4.69, 9.17) is 0 Å². The van der Waals surface area contributed by atoms with Crippen LogP contribution in [0.1, 0.15) is 33.6 Å². The molecule has 1 rings (SSSR count). The quantitative estimate of drug-likeness (QED) is 0.743. The maximum atomic E-state index is 11.3. The molecule has 1 unspecified atom stereocenters. The van der Waals surface area contributed by atoms with Gasteiger partial charge in [0.1, 0.15) is 0 Å². The van der Waals surface area contributed by atoms with Crippen LogP contribution in [0.5, 0.6) is 0 Å². The van der Waals surface area contributed by atoms with Crippen LogP contribution in [-0.4, -0.2) is 17.0 Å². The second-order valence-electron chi connectivity index (χ2n) is 4.85. The van der Waals surface area contributed by atoms with Crippen molar-refractivity contribution in [2.24, 2.45) is 5.41 Å². The van der Waals surface area contributed by atoms with Crippen LogP contribution < -0.4 is 0 Å². The molecule has 1 aliphatic carbocycles. The summed E-state index contributed by atoms with van der Waals surface area (Å²) in [6.45, 7) is 6.09. The molecule has 0 heterocycles. The third kappa shape index (κ3) is 3.46. The number of carbonyl (C=O) groups is 1. The minimum Gasteiger partial charge on any atom is -0.389 e. The molecule has 0 radical (unpaired) electrons. The standard InChI is InChI=1S/C14H20O2/c1-4-5-12(15)7-6-11-10-13(16)8-9-14(11,2)3/h4-7,10,13,16H,8-9H2,1-3H3. The second kappa shape index (κ2) is 5.26. The third-order valence-electron chi connectivity index (χ3n) is 2.98. The summed E-state index contributed by atoms with van der Waals surface area (Å²) in [6, 6.07) is 0. The number of aliphatic hydroxyl groups is 1. The predicted molar refractivity (Wildman–Crippen MR) is 66.1 cm³/mol. The van der Waals surface area contributed by atoms with Crippen molar-refractivity contribution >= 4 is 5.78 Å². The van der Waals surface area contributed by atoms with Crippen molar-refractivity contribution in [3.05, 3.63) is 36.0 Å². The van der Waals surface area contributed by atoms with E-state index in [1.165, 1.54) is 6.08 Å². The van der Waals surface area contributed by atoms with E-state index >= 15 is 0 Å². The van der Waals surface area contributed by atoms with Gasteiger partial charge in [-0.1, -0.05) is 32.1 Å². The number of aliphatic hydroxyl groups excluding tert-OH is 1. The highest BCUT2D eigenvalue weighted by atomic mass is 16.3. The Morgan fingerprint density at radius 2 is 2.19 bits per heavy atom. The smallest absolute Gasteiger partial charge is 0.178 e. The molecule has 0 aromatic heterocycles. The predicted octanol–water partition coefficient (Wildman–Crippen LogP) is 2.80. The highest BCUT2D eigenvalue weighted by molar-refractivity contribution is 5.99. The molecule has 0 spiro atoms.